The monoisotopic (exact) mass is 389 g/mol. The maximum absolute atomic E-state index is 12.0. The third-order valence-corrected chi connectivity index (χ3v) is 4.31. The number of likely N-dealkylation sites (N-methyl/N-ethyl adjacent to an activating group) is 1. The van der Waals surface area contributed by atoms with Crippen LogP contribution >= 0.6 is 11.8 Å². The standard InChI is InChI=1S/C18H19N3O5S/c1-2-19-17(22)11-26-15-7-3-13(4-8-15)20-18(23)12-27-16-9-5-14(6-10-16)21(24)25/h3-10H,2,11-12H2,1H3,(H,19,22)(H,20,23). The molecule has 0 atom stereocenters. The van der Waals surface area contributed by atoms with Crippen LogP contribution in [0, 0.1) is 10.1 Å². The fourth-order valence-electron chi connectivity index (χ4n) is 2.04. The van der Waals surface area contributed by atoms with Crippen LogP contribution in [0.15, 0.2) is 53.4 Å². The van der Waals surface area contributed by atoms with Gasteiger partial charge in [-0.15, -0.1) is 11.8 Å². The summed E-state index contributed by atoms with van der Waals surface area (Å²) in [6.07, 6.45) is 0. The Bertz CT molecular complexity index is 794. The summed E-state index contributed by atoms with van der Waals surface area (Å²) in [7, 11) is 0. The summed E-state index contributed by atoms with van der Waals surface area (Å²) >= 11 is 1.28. The molecule has 8 nitrogen and oxygen atoms in total. The third-order valence-electron chi connectivity index (χ3n) is 3.30. The number of carbonyl (C=O) groups is 2. The van der Waals surface area contributed by atoms with Gasteiger partial charge in [-0.3, -0.25) is 19.7 Å². The summed E-state index contributed by atoms with van der Waals surface area (Å²) in [6.45, 7) is 2.31. The molecule has 0 fully saturated rings. The average molecular weight is 389 g/mol. The van der Waals surface area contributed by atoms with Gasteiger partial charge in [-0.2, -0.15) is 0 Å². The first-order valence-electron chi connectivity index (χ1n) is 8.14. The van der Waals surface area contributed by atoms with Gasteiger partial charge in [0.2, 0.25) is 5.91 Å². The predicted molar refractivity (Wildman–Crippen MR) is 103 cm³/mol. The normalized spacial score (nSPS) is 10.1. The number of nitro groups is 1. The van der Waals surface area contributed by atoms with Crippen molar-refractivity contribution >= 4 is 35.0 Å². The molecule has 0 unspecified atom stereocenters. The lowest BCUT2D eigenvalue weighted by Crippen LogP contribution is -2.28. The molecule has 0 saturated carbocycles. The molecule has 2 rings (SSSR count). The highest BCUT2D eigenvalue weighted by Gasteiger charge is 2.07. The van der Waals surface area contributed by atoms with E-state index in [1.54, 1.807) is 36.4 Å². The van der Waals surface area contributed by atoms with Crippen LogP contribution in [0.1, 0.15) is 6.92 Å². The van der Waals surface area contributed by atoms with Gasteiger partial charge >= 0.3 is 0 Å². The number of hydrogen-bond acceptors (Lipinski definition) is 6. The Morgan fingerprint density at radius 2 is 1.74 bits per heavy atom. The number of thioether (sulfide) groups is 1. The molecule has 0 saturated heterocycles. The lowest BCUT2D eigenvalue weighted by Gasteiger charge is -2.08. The van der Waals surface area contributed by atoms with Crippen molar-refractivity contribution in [3.63, 3.8) is 0 Å². The summed E-state index contributed by atoms with van der Waals surface area (Å²) < 4.78 is 5.34. The van der Waals surface area contributed by atoms with Crippen LogP contribution in [-0.2, 0) is 9.59 Å². The molecule has 0 radical (unpaired) electrons. The number of ether oxygens (including phenoxy) is 1. The van der Waals surface area contributed by atoms with Crippen LogP contribution in [-0.4, -0.2) is 35.6 Å². The molecular formula is C18H19N3O5S. The number of amides is 2. The minimum Gasteiger partial charge on any atom is -0.484 e. The van der Waals surface area contributed by atoms with Crippen LogP contribution in [0.3, 0.4) is 0 Å². The van der Waals surface area contributed by atoms with Gasteiger partial charge in [0.1, 0.15) is 5.75 Å². The van der Waals surface area contributed by atoms with E-state index in [4.69, 9.17) is 4.74 Å². The molecule has 0 aliphatic heterocycles. The Morgan fingerprint density at radius 3 is 2.33 bits per heavy atom. The highest BCUT2D eigenvalue weighted by Crippen LogP contribution is 2.22. The maximum atomic E-state index is 12.0. The Balaban J connectivity index is 1.78. The first kappa shape index (κ1) is 20.2. The third kappa shape index (κ3) is 6.98. The van der Waals surface area contributed by atoms with E-state index in [9.17, 15) is 19.7 Å². The summed E-state index contributed by atoms with van der Waals surface area (Å²) in [6, 6.07) is 12.7. The van der Waals surface area contributed by atoms with Crippen molar-refractivity contribution < 1.29 is 19.2 Å². The predicted octanol–water partition coefficient (Wildman–Crippen LogP) is 2.84. The summed E-state index contributed by atoms with van der Waals surface area (Å²) in [5.41, 5.74) is 0.618. The molecule has 0 aromatic heterocycles. The summed E-state index contributed by atoms with van der Waals surface area (Å²) in [5.74, 6) is 0.305. The average Bonchev–Trinajstić information content (AvgIpc) is 2.66. The Morgan fingerprint density at radius 1 is 1.07 bits per heavy atom. The molecule has 0 aliphatic carbocycles. The van der Waals surface area contributed by atoms with Crippen molar-refractivity contribution in [3.05, 3.63) is 58.6 Å². The van der Waals surface area contributed by atoms with Crippen molar-refractivity contribution in [2.75, 3.05) is 24.2 Å². The minimum atomic E-state index is -0.468. The second kappa shape index (κ2) is 10.2. The topological polar surface area (TPSA) is 111 Å². The first-order valence-corrected chi connectivity index (χ1v) is 9.13. The summed E-state index contributed by atoms with van der Waals surface area (Å²) in [4.78, 5) is 34.3. The van der Waals surface area contributed by atoms with Crippen LogP contribution in [0.5, 0.6) is 5.75 Å². The SMILES string of the molecule is CCNC(=O)COc1ccc(NC(=O)CSc2ccc([N+](=O)[O-])cc2)cc1. The van der Waals surface area contributed by atoms with E-state index in [1.165, 1.54) is 23.9 Å². The van der Waals surface area contributed by atoms with Gasteiger partial charge in [-0.1, -0.05) is 0 Å². The largest absolute Gasteiger partial charge is 0.484 e. The van der Waals surface area contributed by atoms with E-state index in [-0.39, 0.29) is 29.9 Å². The molecule has 0 bridgehead atoms. The highest BCUT2D eigenvalue weighted by molar-refractivity contribution is 8.00. The fourth-order valence-corrected chi connectivity index (χ4v) is 2.74. The highest BCUT2D eigenvalue weighted by atomic mass is 32.2. The number of carbonyl (C=O) groups excluding carboxylic acids is 2. The Hall–Kier alpha value is -3.07. The number of non-ortho nitro benzene ring substituents is 1. The second-order valence-electron chi connectivity index (χ2n) is 5.35. The minimum absolute atomic E-state index is 0.0123. The number of rotatable bonds is 9. The van der Waals surface area contributed by atoms with Crippen molar-refractivity contribution in [2.45, 2.75) is 11.8 Å². The van der Waals surface area contributed by atoms with E-state index < -0.39 is 4.92 Å². The number of nitrogens with zero attached hydrogens (tertiary/aromatic N) is 1. The van der Waals surface area contributed by atoms with Crippen molar-refractivity contribution in [1.29, 1.82) is 0 Å². The lowest BCUT2D eigenvalue weighted by molar-refractivity contribution is -0.384. The van der Waals surface area contributed by atoms with Crippen molar-refractivity contribution in [3.8, 4) is 5.75 Å². The van der Waals surface area contributed by atoms with E-state index in [2.05, 4.69) is 10.6 Å². The van der Waals surface area contributed by atoms with Gasteiger partial charge in [-0.05, 0) is 43.3 Å². The second-order valence-corrected chi connectivity index (χ2v) is 6.40. The van der Waals surface area contributed by atoms with E-state index in [0.717, 1.165) is 4.90 Å². The van der Waals surface area contributed by atoms with Crippen molar-refractivity contribution in [2.24, 2.45) is 0 Å². The fraction of sp³-hybridized carbons (Fsp3) is 0.222. The first-order chi connectivity index (χ1) is 13.0. The quantitative estimate of drug-likeness (QED) is 0.388. The Kier molecular flexibility index (Phi) is 7.63. The van der Waals surface area contributed by atoms with Gasteiger partial charge in [0.15, 0.2) is 6.61 Å². The van der Waals surface area contributed by atoms with Crippen LogP contribution < -0.4 is 15.4 Å². The number of nitro benzene ring substituents is 1. The zero-order valence-corrected chi connectivity index (χ0v) is 15.5. The van der Waals surface area contributed by atoms with E-state index in [0.29, 0.717) is 18.0 Å². The molecule has 0 spiro atoms. The molecule has 27 heavy (non-hydrogen) atoms. The summed E-state index contributed by atoms with van der Waals surface area (Å²) in [5, 5.41) is 16.0. The molecule has 142 valence electrons. The number of nitrogens with one attached hydrogen (secondary N) is 2. The molecule has 2 aromatic rings. The smallest absolute Gasteiger partial charge is 0.269 e. The maximum Gasteiger partial charge on any atom is 0.269 e. The van der Waals surface area contributed by atoms with Gasteiger partial charge in [-0.25, -0.2) is 0 Å². The zero-order chi connectivity index (χ0) is 19.6. The van der Waals surface area contributed by atoms with Crippen LogP contribution in [0.2, 0.25) is 0 Å². The molecule has 2 N–H and O–H groups in total. The Labute approximate surface area is 160 Å². The van der Waals surface area contributed by atoms with E-state index in [1.807, 2.05) is 6.92 Å². The molecular weight excluding hydrogens is 370 g/mol. The number of hydrogen-bond donors (Lipinski definition) is 2. The lowest BCUT2D eigenvalue weighted by atomic mass is 10.3. The molecule has 0 aliphatic rings. The number of benzene rings is 2. The molecule has 0 heterocycles. The molecule has 2 aromatic carbocycles. The zero-order valence-electron chi connectivity index (χ0n) is 14.6. The van der Waals surface area contributed by atoms with Gasteiger partial charge < -0.3 is 15.4 Å². The number of anilines is 1. The van der Waals surface area contributed by atoms with Crippen molar-refractivity contribution in [1.82, 2.24) is 5.32 Å². The molecule has 9 heteroatoms. The van der Waals surface area contributed by atoms with E-state index >= 15 is 0 Å². The molecule has 2 amide bonds. The van der Waals surface area contributed by atoms with Gasteiger partial charge in [0, 0.05) is 29.3 Å². The van der Waals surface area contributed by atoms with Gasteiger partial charge in [0.05, 0.1) is 10.7 Å². The van der Waals surface area contributed by atoms with Gasteiger partial charge in [0.25, 0.3) is 11.6 Å². The van der Waals surface area contributed by atoms with Crippen LogP contribution in [0.25, 0.3) is 0 Å². The van der Waals surface area contributed by atoms with Crippen LogP contribution in [0.4, 0.5) is 11.4 Å².